The van der Waals surface area contributed by atoms with Gasteiger partial charge in [0.25, 0.3) is 0 Å². The zero-order valence-electron chi connectivity index (χ0n) is 13.6. The van der Waals surface area contributed by atoms with E-state index in [-0.39, 0.29) is 5.41 Å². The third-order valence-electron chi connectivity index (χ3n) is 3.50. The van der Waals surface area contributed by atoms with Gasteiger partial charge >= 0.3 is 0 Å². The first kappa shape index (κ1) is 15.6. The summed E-state index contributed by atoms with van der Waals surface area (Å²) in [6, 6.07) is 10.3. The zero-order chi connectivity index (χ0) is 15.5. The monoisotopic (exact) mass is 287 g/mol. The van der Waals surface area contributed by atoms with Crippen LogP contribution in [0.3, 0.4) is 0 Å². The van der Waals surface area contributed by atoms with Crippen molar-refractivity contribution in [1.29, 1.82) is 0 Å². The number of nitrogens with one attached hydrogen (secondary N) is 1. The highest BCUT2D eigenvalue weighted by molar-refractivity contribution is 5.38. The van der Waals surface area contributed by atoms with Gasteiger partial charge in [-0.1, -0.05) is 39.0 Å². The van der Waals surface area contributed by atoms with Crippen molar-refractivity contribution in [3.05, 3.63) is 53.0 Å². The van der Waals surface area contributed by atoms with Gasteiger partial charge < -0.3 is 14.5 Å². The van der Waals surface area contributed by atoms with Crippen molar-refractivity contribution in [3.63, 3.8) is 0 Å². The first-order valence-corrected chi connectivity index (χ1v) is 7.37. The molecule has 0 amide bonds. The number of rotatable bonds is 5. The minimum atomic E-state index is 0.0688. The third-order valence-corrected chi connectivity index (χ3v) is 3.50. The molecule has 0 unspecified atom stereocenters. The lowest BCUT2D eigenvalue weighted by molar-refractivity contribution is 0.294. The van der Waals surface area contributed by atoms with E-state index in [2.05, 4.69) is 44.3 Å². The fourth-order valence-corrected chi connectivity index (χ4v) is 2.36. The number of hydrogen-bond donors (Lipinski definition) is 1. The fourth-order valence-electron chi connectivity index (χ4n) is 2.36. The summed E-state index contributed by atoms with van der Waals surface area (Å²) in [5.41, 5.74) is 2.39. The molecule has 0 spiro atoms. The van der Waals surface area contributed by atoms with Gasteiger partial charge in [-0.3, -0.25) is 0 Å². The average Bonchev–Trinajstić information content (AvgIpc) is 2.76. The van der Waals surface area contributed by atoms with E-state index in [0.29, 0.717) is 6.61 Å². The van der Waals surface area contributed by atoms with Gasteiger partial charge in [-0.15, -0.1) is 0 Å². The SMILES string of the molecule is CNCc1cc(COc2ccccc2C(C)(C)C)c(C)o1. The second-order valence-electron chi connectivity index (χ2n) is 6.36. The summed E-state index contributed by atoms with van der Waals surface area (Å²) in [5, 5.41) is 3.09. The minimum Gasteiger partial charge on any atom is -0.488 e. The van der Waals surface area contributed by atoms with E-state index >= 15 is 0 Å². The molecule has 2 rings (SSSR count). The van der Waals surface area contributed by atoms with Crippen molar-refractivity contribution in [2.45, 2.75) is 46.3 Å². The molecule has 0 saturated carbocycles. The number of benzene rings is 1. The molecule has 3 heteroatoms. The van der Waals surface area contributed by atoms with E-state index in [4.69, 9.17) is 9.15 Å². The molecule has 1 aromatic carbocycles. The first-order chi connectivity index (χ1) is 9.91. The molecule has 0 saturated heterocycles. The summed E-state index contributed by atoms with van der Waals surface area (Å²) in [5.74, 6) is 2.81. The molecule has 3 nitrogen and oxygen atoms in total. The van der Waals surface area contributed by atoms with E-state index < -0.39 is 0 Å². The lowest BCUT2D eigenvalue weighted by Crippen LogP contribution is -2.13. The zero-order valence-corrected chi connectivity index (χ0v) is 13.6. The van der Waals surface area contributed by atoms with Crippen molar-refractivity contribution in [1.82, 2.24) is 5.32 Å². The van der Waals surface area contributed by atoms with Crippen molar-refractivity contribution in [2.75, 3.05) is 7.05 Å². The predicted molar refractivity (Wildman–Crippen MR) is 85.7 cm³/mol. The molecule has 21 heavy (non-hydrogen) atoms. The molecule has 0 radical (unpaired) electrons. The quantitative estimate of drug-likeness (QED) is 0.895. The largest absolute Gasteiger partial charge is 0.488 e. The van der Waals surface area contributed by atoms with Crippen LogP contribution in [0.5, 0.6) is 5.75 Å². The van der Waals surface area contributed by atoms with Gasteiger partial charge in [-0.05, 0) is 37.1 Å². The molecule has 0 aliphatic carbocycles. The highest BCUT2D eigenvalue weighted by Gasteiger charge is 2.18. The minimum absolute atomic E-state index is 0.0688. The van der Waals surface area contributed by atoms with Crippen LogP contribution in [0, 0.1) is 6.92 Å². The molecule has 0 atom stereocenters. The Labute approximate surface area is 127 Å². The lowest BCUT2D eigenvalue weighted by atomic mass is 9.86. The summed E-state index contributed by atoms with van der Waals surface area (Å²) in [6.45, 7) is 9.84. The Morgan fingerprint density at radius 2 is 1.90 bits per heavy atom. The van der Waals surface area contributed by atoms with E-state index in [1.165, 1.54) is 5.56 Å². The second kappa shape index (κ2) is 6.35. The Morgan fingerprint density at radius 3 is 2.57 bits per heavy atom. The molecule has 1 aromatic heterocycles. The Morgan fingerprint density at radius 1 is 1.19 bits per heavy atom. The van der Waals surface area contributed by atoms with Crippen LogP contribution in [-0.2, 0) is 18.6 Å². The maximum absolute atomic E-state index is 6.04. The van der Waals surface area contributed by atoms with E-state index in [9.17, 15) is 0 Å². The molecular weight excluding hydrogens is 262 g/mol. The molecule has 0 bridgehead atoms. The number of aryl methyl sites for hydroxylation is 1. The van der Waals surface area contributed by atoms with Crippen LogP contribution < -0.4 is 10.1 Å². The van der Waals surface area contributed by atoms with Crippen LogP contribution in [0.25, 0.3) is 0 Å². The molecular formula is C18H25NO2. The predicted octanol–water partition coefficient (Wildman–Crippen LogP) is 4.18. The van der Waals surface area contributed by atoms with Gasteiger partial charge in [0.15, 0.2) is 0 Å². The molecule has 114 valence electrons. The van der Waals surface area contributed by atoms with Crippen molar-refractivity contribution in [3.8, 4) is 5.75 Å². The molecule has 1 N–H and O–H groups in total. The summed E-state index contributed by atoms with van der Waals surface area (Å²) in [4.78, 5) is 0. The van der Waals surface area contributed by atoms with Crippen LogP contribution in [0.4, 0.5) is 0 Å². The maximum atomic E-state index is 6.04. The standard InChI is InChI=1S/C18H25NO2/c1-13-14(10-15(21-13)11-19-5)12-20-17-9-7-6-8-16(17)18(2,3)4/h6-10,19H,11-12H2,1-5H3. The van der Waals surface area contributed by atoms with Gasteiger partial charge in [0.2, 0.25) is 0 Å². The van der Waals surface area contributed by atoms with Gasteiger partial charge in [0.05, 0.1) is 6.54 Å². The number of furan rings is 1. The van der Waals surface area contributed by atoms with Crippen LogP contribution in [0.2, 0.25) is 0 Å². The Kier molecular flexibility index (Phi) is 4.73. The average molecular weight is 287 g/mol. The Balaban J connectivity index is 2.14. The van der Waals surface area contributed by atoms with Gasteiger partial charge in [-0.2, -0.15) is 0 Å². The van der Waals surface area contributed by atoms with Crippen LogP contribution in [0.15, 0.2) is 34.7 Å². The van der Waals surface area contributed by atoms with Crippen molar-refractivity contribution < 1.29 is 9.15 Å². The summed E-state index contributed by atoms with van der Waals surface area (Å²) >= 11 is 0. The van der Waals surface area contributed by atoms with Crippen molar-refractivity contribution >= 4 is 0 Å². The summed E-state index contributed by atoms with van der Waals surface area (Å²) < 4.78 is 11.7. The van der Waals surface area contributed by atoms with E-state index in [1.54, 1.807) is 0 Å². The topological polar surface area (TPSA) is 34.4 Å². The molecule has 0 fully saturated rings. The molecule has 0 aliphatic rings. The summed E-state index contributed by atoms with van der Waals surface area (Å²) in [7, 11) is 1.91. The van der Waals surface area contributed by atoms with Gasteiger partial charge in [0.1, 0.15) is 23.9 Å². The molecule has 1 heterocycles. The third kappa shape index (κ3) is 3.88. The van der Waals surface area contributed by atoms with Crippen molar-refractivity contribution in [2.24, 2.45) is 0 Å². The van der Waals surface area contributed by atoms with E-state index in [1.807, 2.05) is 26.1 Å². The van der Waals surface area contributed by atoms with Gasteiger partial charge in [-0.25, -0.2) is 0 Å². The van der Waals surface area contributed by atoms with Crippen LogP contribution in [0.1, 0.15) is 43.4 Å². The van der Waals surface area contributed by atoms with E-state index in [0.717, 1.165) is 29.4 Å². The Bertz CT molecular complexity index is 594. The number of hydrogen-bond acceptors (Lipinski definition) is 3. The lowest BCUT2D eigenvalue weighted by Gasteiger charge is -2.22. The fraction of sp³-hybridized carbons (Fsp3) is 0.444. The number of ether oxygens (including phenoxy) is 1. The first-order valence-electron chi connectivity index (χ1n) is 7.37. The highest BCUT2D eigenvalue weighted by atomic mass is 16.5. The maximum Gasteiger partial charge on any atom is 0.123 e. The van der Waals surface area contributed by atoms with Gasteiger partial charge in [0, 0.05) is 5.56 Å². The molecule has 2 aromatic rings. The second-order valence-corrected chi connectivity index (χ2v) is 6.36. The molecule has 0 aliphatic heterocycles. The van der Waals surface area contributed by atoms with Crippen LogP contribution >= 0.6 is 0 Å². The smallest absolute Gasteiger partial charge is 0.123 e. The Hall–Kier alpha value is -1.74. The van der Waals surface area contributed by atoms with Crippen LogP contribution in [-0.4, -0.2) is 7.05 Å². The highest BCUT2D eigenvalue weighted by Crippen LogP contribution is 2.31. The normalized spacial score (nSPS) is 11.7. The number of para-hydroxylation sites is 1. The summed E-state index contributed by atoms with van der Waals surface area (Å²) in [6.07, 6.45) is 0.